The molecule has 154 valence electrons. The van der Waals surface area contributed by atoms with Crippen molar-refractivity contribution in [2.75, 3.05) is 6.54 Å². The van der Waals surface area contributed by atoms with Gasteiger partial charge in [0.15, 0.2) is 0 Å². The maximum absolute atomic E-state index is 12.9. The average Bonchev–Trinajstić information content (AvgIpc) is 3.17. The third-order valence-electron chi connectivity index (χ3n) is 4.85. The van der Waals surface area contributed by atoms with Crippen LogP contribution in [0.3, 0.4) is 0 Å². The van der Waals surface area contributed by atoms with E-state index in [2.05, 4.69) is 26.8 Å². The minimum atomic E-state index is -3.81. The summed E-state index contributed by atoms with van der Waals surface area (Å²) in [5.74, 6) is -1.00. The maximum Gasteiger partial charge on any atom is 0.269 e. The highest BCUT2D eigenvalue weighted by molar-refractivity contribution is 9.10. The highest BCUT2D eigenvalue weighted by Gasteiger charge is 2.39. The molecule has 2 amide bonds. The number of hydrazine groups is 1. The van der Waals surface area contributed by atoms with Crippen LogP contribution in [-0.2, 0) is 14.8 Å². The SMILES string of the molecule is Cc1ccc(C(=O)NNC(=O)C2CCCN2S(=O)(=O)c2ccc(Br)cc2)c(C)c1. The molecule has 0 bridgehead atoms. The summed E-state index contributed by atoms with van der Waals surface area (Å²) < 4.78 is 27.8. The quantitative estimate of drug-likeness (QED) is 0.658. The fraction of sp³-hybridized carbons (Fsp3) is 0.300. The van der Waals surface area contributed by atoms with Crippen LogP contribution < -0.4 is 10.9 Å². The fourth-order valence-electron chi connectivity index (χ4n) is 3.37. The molecule has 1 atom stereocenters. The van der Waals surface area contributed by atoms with Gasteiger partial charge in [-0.2, -0.15) is 4.31 Å². The van der Waals surface area contributed by atoms with Gasteiger partial charge < -0.3 is 0 Å². The maximum atomic E-state index is 12.9. The molecule has 0 aromatic heterocycles. The van der Waals surface area contributed by atoms with E-state index in [1.165, 1.54) is 16.4 Å². The first-order valence-electron chi connectivity index (χ1n) is 9.15. The molecule has 1 heterocycles. The second-order valence-corrected chi connectivity index (χ2v) is 9.80. The second kappa shape index (κ2) is 8.64. The van der Waals surface area contributed by atoms with Gasteiger partial charge in [-0.1, -0.05) is 33.6 Å². The molecule has 0 radical (unpaired) electrons. The minimum Gasteiger partial charge on any atom is -0.271 e. The van der Waals surface area contributed by atoms with Crippen LogP contribution in [0.25, 0.3) is 0 Å². The van der Waals surface area contributed by atoms with Crippen LogP contribution in [0.2, 0.25) is 0 Å². The molecule has 7 nitrogen and oxygen atoms in total. The Hall–Kier alpha value is -2.23. The summed E-state index contributed by atoms with van der Waals surface area (Å²) in [5, 5.41) is 0. The van der Waals surface area contributed by atoms with Crippen molar-refractivity contribution in [1.29, 1.82) is 0 Å². The molecule has 2 aromatic carbocycles. The predicted octanol–water partition coefficient (Wildman–Crippen LogP) is 2.68. The molecule has 0 spiro atoms. The summed E-state index contributed by atoms with van der Waals surface area (Å²) >= 11 is 3.28. The number of halogens is 1. The highest BCUT2D eigenvalue weighted by Crippen LogP contribution is 2.27. The van der Waals surface area contributed by atoms with Gasteiger partial charge in [-0.15, -0.1) is 0 Å². The molecule has 1 saturated heterocycles. The Bertz CT molecular complexity index is 1040. The Morgan fingerprint density at radius 1 is 1.07 bits per heavy atom. The van der Waals surface area contributed by atoms with Crippen molar-refractivity contribution in [1.82, 2.24) is 15.2 Å². The van der Waals surface area contributed by atoms with E-state index in [0.29, 0.717) is 18.4 Å². The van der Waals surface area contributed by atoms with Crippen LogP contribution in [0.15, 0.2) is 51.8 Å². The number of hydrogen-bond acceptors (Lipinski definition) is 4. The van der Waals surface area contributed by atoms with E-state index >= 15 is 0 Å². The lowest BCUT2D eigenvalue weighted by Crippen LogP contribution is -2.51. The van der Waals surface area contributed by atoms with Gasteiger partial charge in [-0.25, -0.2) is 8.42 Å². The summed E-state index contributed by atoms with van der Waals surface area (Å²) in [6.45, 7) is 3.99. The second-order valence-electron chi connectivity index (χ2n) is 6.99. The van der Waals surface area contributed by atoms with E-state index in [0.717, 1.165) is 15.6 Å². The van der Waals surface area contributed by atoms with E-state index in [1.54, 1.807) is 18.2 Å². The lowest BCUT2D eigenvalue weighted by Gasteiger charge is -2.23. The van der Waals surface area contributed by atoms with Crippen molar-refractivity contribution in [3.05, 3.63) is 63.6 Å². The number of carbonyl (C=O) groups is 2. The molecule has 3 rings (SSSR count). The van der Waals surface area contributed by atoms with Crippen LogP contribution >= 0.6 is 15.9 Å². The molecule has 1 fully saturated rings. The van der Waals surface area contributed by atoms with Crippen LogP contribution in [0, 0.1) is 13.8 Å². The number of rotatable bonds is 4. The smallest absolute Gasteiger partial charge is 0.269 e. The molecule has 0 aliphatic carbocycles. The summed E-state index contributed by atoms with van der Waals surface area (Å²) in [4.78, 5) is 25.1. The minimum absolute atomic E-state index is 0.125. The average molecular weight is 480 g/mol. The van der Waals surface area contributed by atoms with Crippen LogP contribution in [0.4, 0.5) is 0 Å². The standard InChI is InChI=1S/C20H22BrN3O4S/c1-13-5-10-17(14(2)12-13)19(25)22-23-20(26)18-4-3-11-24(18)29(27,28)16-8-6-15(21)7-9-16/h5-10,12,18H,3-4,11H2,1-2H3,(H,22,25)(H,23,26). The Morgan fingerprint density at radius 3 is 2.41 bits per heavy atom. The van der Waals surface area contributed by atoms with Gasteiger partial charge in [0.1, 0.15) is 6.04 Å². The number of hydrogen-bond donors (Lipinski definition) is 2. The van der Waals surface area contributed by atoms with Crippen molar-refractivity contribution >= 4 is 37.8 Å². The number of amides is 2. The molecule has 1 unspecified atom stereocenters. The number of benzene rings is 2. The molecule has 2 N–H and O–H groups in total. The van der Waals surface area contributed by atoms with E-state index in [9.17, 15) is 18.0 Å². The highest BCUT2D eigenvalue weighted by atomic mass is 79.9. The zero-order valence-electron chi connectivity index (χ0n) is 16.1. The Morgan fingerprint density at radius 2 is 1.76 bits per heavy atom. The molecule has 1 aliphatic heterocycles. The Balaban J connectivity index is 1.70. The fourth-order valence-corrected chi connectivity index (χ4v) is 5.29. The van der Waals surface area contributed by atoms with Crippen LogP contribution in [0.1, 0.15) is 34.3 Å². The van der Waals surface area contributed by atoms with E-state index in [1.807, 2.05) is 26.0 Å². The molecule has 1 aliphatic rings. The van der Waals surface area contributed by atoms with Gasteiger partial charge in [0.2, 0.25) is 10.0 Å². The monoisotopic (exact) mass is 479 g/mol. The van der Waals surface area contributed by atoms with Gasteiger partial charge in [-0.05, 0) is 62.6 Å². The number of sulfonamides is 1. The van der Waals surface area contributed by atoms with Gasteiger partial charge >= 0.3 is 0 Å². The molecule has 0 saturated carbocycles. The summed E-state index contributed by atoms with van der Waals surface area (Å²) in [6, 6.07) is 10.8. The first-order valence-corrected chi connectivity index (χ1v) is 11.4. The van der Waals surface area contributed by atoms with E-state index in [4.69, 9.17) is 0 Å². The summed E-state index contributed by atoms with van der Waals surface area (Å²) in [5.41, 5.74) is 7.03. The normalized spacial score (nSPS) is 17.1. The van der Waals surface area contributed by atoms with Gasteiger partial charge in [-0.3, -0.25) is 20.4 Å². The molecule has 2 aromatic rings. The Labute approximate surface area is 178 Å². The Kier molecular flexibility index (Phi) is 6.40. The molecular formula is C20H22BrN3O4S. The first-order chi connectivity index (χ1) is 13.7. The van der Waals surface area contributed by atoms with Gasteiger partial charge in [0.05, 0.1) is 4.90 Å². The zero-order chi connectivity index (χ0) is 21.2. The largest absolute Gasteiger partial charge is 0.271 e. The summed E-state index contributed by atoms with van der Waals surface area (Å²) in [6.07, 6.45) is 0.958. The van der Waals surface area contributed by atoms with E-state index < -0.39 is 27.9 Å². The molecular weight excluding hydrogens is 458 g/mol. The van der Waals surface area contributed by atoms with Crippen molar-refractivity contribution < 1.29 is 18.0 Å². The van der Waals surface area contributed by atoms with Crippen molar-refractivity contribution in [3.63, 3.8) is 0 Å². The van der Waals surface area contributed by atoms with Crippen molar-refractivity contribution in [2.24, 2.45) is 0 Å². The summed E-state index contributed by atoms with van der Waals surface area (Å²) in [7, 11) is -3.81. The van der Waals surface area contributed by atoms with Gasteiger partial charge in [0.25, 0.3) is 11.8 Å². The lowest BCUT2D eigenvalue weighted by molar-refractivity contribution is -0.125. The van der Waals surface area contributed by atoms with Crippen LogP contribution in [0.5, 0.6) is 0 Å². The van der Waals surface area contributed by atoms with Crippen molar-refractivity contribution in [3.8, 4) is 0 Å². The van der Waals surface area contributed by atoms with Gasteiger partial charge in [0, 0.05) is 16.6 Å². The number of nitrogens with one attached hydrogen (secondary N) is 2. The predicted molar refractivity (Wildman–Crippen MR) is 113 cm³/mol. The molecule has 9 heteroatoms. The number of aryl methyl sites for hydroxylation is 2. The third-order valence-corrected chi connectivity index (χ3v) is 7.30. The lowest BCUT2D eigenvalue weighted by atomic mass is 10.1. The number of nitrogens with zero attached hydrogens (tertiary/aromatic N) is 1. The van der Waals surface area contributed by atoms with Crippen LogP contribution in [-0.4, -0.2) is 37.1 Å². The molecule has 29 heavy (non-hydrogen) atoms. The topological polar surface area (TPSA) is 95.6 Å². The van der Waals surface area contributed by atoms with Crippen molar-refractivity contribution in [2.45, 2.75) is 37.6 Å². The third kappa shape index (κ3) is 4.68. The zero-order valence-corrected chi connectivity index (χ0v) is 18.5. The first kappa shape index (κ1) is 21.5. The number of carbonyl (C=O) groups excluding carboxylic acids is 2. The van der Waals surface area contributed by atoms with E-state index in [-0.39, 0.29) is 11.4 Å².